The van der Waals surface area contributed by atoms with Crippen LogP contribution in [0.4, 0.5) is 10.2 Å². The third-order valence-corrected chi connectivity index (χ3v) is 3.46. The van der Waals surface area contributed by atoms with Crippen LogP contribution in [0.1, 0.15) is 24.0 Å². The minimum absolute atomic E-state index is 0.188. The van der Waals surface area contributed by atoms with Gasteiger partial charge in [-0.25, -0.2) is 9.37 Å². The largest absolute Gasteiger partial charge is 0.349 e. The van der Waals surface area contributed by atoms with E-state index in [1.165, 1.54) is 6.07 Å². The Morgan fingerprint density at radius 1 is 1.25 bits per heavy atom. The summed E-state index contributed by atoms with van der Waals surface area (Å²) in [5.74, 6) is 0.613. The molecule has 100 valence electrons. The number of nitrogens with zero attached hydrogens (tertiary/aromatic N) is 3. The number of nitriles is 1. The molecule has 0 saturated heterocycles. The van der Waals surface area contributed by atoms with Crippen LogP contribution in [0, 0.1) is 17.1 Å². The number of rotatable bonds is 4. The molecule has 0 atom stereocenters. The molecule has 0 amide bonds. The standard InChI is InChI=1S/C16H14FN3/c17-15-4-2-1-3-13(15)11-20(14-6-7-14)16-8-5-12(9-18)10-19-16/h1-5,8,10,14H,6-7,11H2. The predicted molar refractivity (Wildman–Crippen MR) is 74.6 cm³/mol. The topological polar surface area (TPSA) is 39.9 Å². The molecule has 0 N–H and O–H groups in total. The van der Waals surface area contributed by atoms with E-state index in [1.54, 1.807) is 24.4 Å². The maximum Gasteiger partial charge on any atom is 0.129 e. The fraction of sp³-hybridized carbons (Fsp3) is 0.250. The first-order chi connectivity index (χ1) is 9.78. The van der Waals surface area contributed by atoms with Crippen LogP contribution < -0.4 is 4.90 Å². The van der Waals surface area contributed by atoms with E-state index in [-0.39, 0.29) is 5.82 Å². The van der Waals surface area contributed by atoms with Gasteiger partial charge in [-0.1, -0.05) is 18.2 Å². The van der Waals surface area contributed by atoms with Crippen LogP contribution in [0.5, 0.6) is 0 Å². The highest BCUT2D eigenvalue weighted by atomic mass is 19.1. The van der Waals surface area contributed by atoms with Crippen LogP contribution in [0.15, 0.2) is 42.6 Å². The van der Waals surface area contributed by atoms with E-state index in [9.17, 15) is 4.39 Å². The Balaban J connectivity index is 1.86. The Morgan fingerprint density at radius 2 is 2.05 bits per heavy atom. The van der Waals surface area contributed by atoms with Crippen LogP contribution in [0.3, 0.4) is 0 Å². The molecule has 1 aliphatic rings. The Labute approximate surface area is 117 Å². The second kappa shape index (κ2) is 5.30. The van der Waals surface area contributed by atoms with Gasteiger partial charge < -0.3 is 4.90 Å². The summed E-state index contributed by atoms with van der Waals surface area (Å²) in [6.45, 7) is 0.510. The Morgan fingerprint density at radius 3 is 2.65 bits per heavy atom. The van der Waals surface area contributed by atoms with Crippen LogP contribution in [-0.4, -0.2) is 11.0 Å². The minimum atomic E-state index is -0.188. The summed E-state index contributed by atoms with van der Waals surface area (Å²) in [5.41, 5.74) is 1.21. The number of benzene rings is 1. The summed E-state index contributed by atoms with van der Waals surface area (Å²) in [6, 6.07) is 12.9. The van der Waals surface area contributed by atoms with Crippen molar-refractivity contribution in [1.29, 1.82) is 5.26 Å². The van der Waals surface area contributed by atoms with Crippen molar-refractivity contribution < 1.29 is 4.39 Å². The first kappa shape index (κ1) is 12.6. The van der Waals surface area contributed by atoms with Crippen molar-refractivity contribution in [3.05, 3.63) is 59.5 Å². The number of halogens is 1. The lowest BCUT2D eigenvalue weighted by Gasteiger charge is -2.23. The molecule has 0 aliphatic heterocycles. The monoisotopic (exact) mass is 267 g/mol. The van der Waals surface area contributed by atoms with Crippen LogP contribution >= 0.6 is 0 Å². The van der Waals surface area contributed by atoms with Gasteiger partial charge in [-0.05, 0) is 31.0 Å². The molecule has 1 aromatic heterocycles. The minimum Gasteiger partial charge on any atom is -0.349 e. The van der Waals surface area contributed by atoms with E-state index in [2.05, 4.69) is 16.0 Å². The zero-order valence-electron chi connectivity index (χ0n) is 11.0. The molecule has 3 nitrogen and oxygen atoms in total. The van der Waals surface area contributed by atoms with Crippen LogP contribution in [0.25, 0.3) is 0 Å². The molecule has 2 aromatic rings. The van der Waals surface area contributed by atoms with Gasteiger partial charge in [-0.2, -0.15) is 5.26 Å². The lowest BCUT2D eigenvalue weighted by molar-refractivity contribution is 0.602. The first-order valence-electron chi connectivity index (χ1n) is 6.64. The molecule has 4 heteroatoms. The van der Waals surface area contributed by atoms with Gasteiger partial charge in [-0.15, -0.1) is 0 Å². The molecule has 1 fully saturated rings. The zero-order chi connectivity index (χ0) is 13.9. The molecule has 0 radical (unpaired) electrons. The summed E-state index contributed by atoms with van der Waals surface area (Å²) < 4.78 is 13.8. The zero-order valence-corrected chi connectivity index (χ0v) is 11.0. The average Bonchev–Trinajstić information content (AvgIpc) is 3.31. The van der Waals surface area contributed by atoms with Gasteiger partial charge in [0.2, 0.25) is 0 Å². The van der Waals surface area contributed by atoms with Gasteiger partial charge in [0.25, 0.3) is 0 Å². The summed E-state index contributed by atoms with van der Waals surface area (Å²) in [5, 5.41) is 8.81. The van der Waals surface area contributed by atoms with E-state index < -0.39 is 0 Å². The van der Waals surface area contributed by atoms with Crippen molar-refractivity contribution in [2.24, 2.45) is 0 Å². The highest BCUT2D eigenvalue weighted by molar-refractivity contribution is 5.45. The molecule has 1 aliphatic carbocycles. The number of hydrogen-bond donors (Lipinski definition) is 0. The fourth-order valence-electron chi connectivity index (χ4n) is 2.22. The van der Waals surface area contributed by atoms with Gasteiger partial charge in [-0.3, -0.25) is 0 Å². The number of aromatic nitrogens is 1. The Bertz CT molecular complexity index is 642. The highest BCUT2D eigenvalue weighted by Gasteiger charge is 2.30. The van der Waals surface area contributed by atoms with E-state index >= 15 is 0 Å². The quantitative estimate of drug-likeness (QED) is 0.853. The van der Waals surface area contributed by atoms with E-state index in [0.29, 0.717) is 23.7 Å². The average molecular weight is 267 g/mol. The van der Waals surface area contributed by atoms with E-state index in [0.717, 1.165) is 18.7 Å². The van der Waals surface area contributed by atoms with E-state index in [4.69, 9.17) is 5.26 Å². The molecular weight excluding hydrogens is 253 g/mol. The maximum atomic E-state index is 13.8. The lowest BCUT2D eigenvalue weighted by Crippen LogP contribution is -2.26. The van der Waals surface area contributed by atoms with Crippen molar-refractivity contribution in [2.75, 3.05) is 4.90 Å². The van der Waals surface area contributed by atoms with Crippen molar-refractivity contribution in [3.8, 4) is 6.07 Å². The SMILES string of the molecule is N#Cc1ccc(N(Cc2ccccc2F)C2CC2)nc1. The van der Waals surface area contributed by atoms with Gasteiger partial charge >= 0.3 is 0 Å². The van der Waals surface area contributed by atoms with Gasteiger partial charge in [0, 0.05) is 24.3 Å². The van der Waals surface area contributed by atoms with Crippen LogP contribution in [0.2, 0.25) is 0 Å². The predicted octanol–water partition coefficient (Wildman–Crippen LogP) is 3.26. The molecule has 0 unspecified atom stereocenters. The molecule has 20 heavy (non-hydrogen) atoms. The molecular formula is C16H14FN3. The summed E-state index contributed by atoms with van der Waals surface area (Å²) in [6.07, 6.45) is 3.78. The lowest BCUT2D eigenvalue weighted by atomic mass is 10.2. The first-order valence-corrected chi connectivity index (χ1v) is 6.64. The second-order valence-electron chi connectivity index (χ2n) is 4.97. The highest BCUT2D eigenvalue weighted by Crippen LogP contribution is 2.32. The summed E-state index contributed by atoms with van der Waals surface area (Å²) in [4.78, 5) is 6.43. The number of hydrogen-bond acceptors (Lipinski definition) is 3. The Hall–Kier alpha value is -2.41. The molecule has 3 rings (SSSR count). The number of anilines is 1. The van der Waals surface area contributed by atoms with Gasteiger partial charge in [0.15, 0.2) is 0 Å². The molecule has 1 heterocycles. The molecule has 1 saturated carbocycles. The molecule has 1 aromatic carbocycles. The van der Waals surface area contributed by atoms with Crippen molar-refractivity contribution in [2.45, 2.75) is 25.4 Å². The van der Waals surface area contributed by atoms with Crippen molar-refractivity contribution in [3.63, 3.8) is 0 Å². The summed E-state index contributed by atoms with van der Waals surface area (Å²) in [7, 11) is 0. The molecule has 0 spiro atoms. The van der Waals surface area contributed by atoms with Crippen molar-refractivity contribution in [1.82, 2.24) is 4.98 Å². The van der Waals surface area contributed by atoms with E-state index in [1.807, 2.05) is 12.1 Å². The summed E-state index contributed by atoms with van der Waals surface area (Å²) >= 11 is 0. The number of pyridine rings is 1. The normalized spacial score (nSPS) is 13.8. The second-order valence-corrected chi connectivity index (χ2v) is 4.97. The van der Waals surface area contributed by atoms with Gasteiger partial charge in [0.05, 0.1) is 5.56 Å². The van der Waals surface area contributed by atoms with Crippen LogP contribution in [-0.2, 0) is 6.54 Å². The Kier molecular flexibility index (Phi) is 3.34. The third kappa shape index (κ3) is 2.62. The maximum absolute atomic E-state index is 13.8. The van der Waals surface area contributed by atoms with Crippen molar-refractivity contribution >= 4 is 5.82 Å². The molecule has 0 bridgehead atoms. The smallest absolute Gasteiger partial charge is 0.129 e. The third-order valence-electron chi connectivity index (χ3n) is 3.46. The fourth-order valence-corrected chi connectivity index (χ4v) is 2.22. The van der Waals surface area contributed by atoms with Gasteiger partial charge in [0.1, 0.15) is 17.7 Å².